The molecule has 29 heavy (non-hydrogen) atoms. The number of aromatic nitrogens is 1. The van der Waals surface area contributed by atoms with Crippen LogP contribution in [-0.2, 0) is 16.9 Å². The van der Waals surface area contributed by atoms with Gasteiger partial charge < -0.3 is 10.0 Å². The molecule has 3 aromatic rings. The number of carbonyl (C=O) groups is 2. The SMILES string of the molecule is O=C(CC1(O)C(=O)N(Cc2c(Cl)cccc2Cl)c2ccccc21)c1ccncc1. The number of fused-ring (bicyclic) bond motifs is 1. The highest BCUT2D eigenvalue weighted by molar-refractivity contribution is 6.36. The number of hydrogen-bond acceptors (Lipinski definition) is 4. The van der Waals surface area contributed by atoms with Crippen LogP contribution in [0.25, 0.3) is 0 Å². The van der Waals surface area contributed by atoms with Crippen LogP contribution in [0.1, 0.15) is 27.9 Å². The van der Waals surface area contributed by atoms with Crippen LogP contribution in [0.5, 0.6) is 0 Å². The fourth-order valence-corrected chi connectivity index (χ4v) is 4.07. The van der Waals surface area contributed by atoms with Crippen LogP contribution in [0.3, 0.4) is 0 Å². The number of amides is 1. The highest BCUT2D eigenvalue weighted by Crippen LogP contribution is 2.44. The Morgan fingerprint density at radius 2 is 1.66 bits per heavy atom. The van der Waals surface area contributed by atoms with Crippen LogP contribution in [0.15, 0.2) is 67.0 Å². The third kappa shape index (κ3) is 3.42. The second kappa shape index (κ2) is 7.59. The quantitative estimate of drug-likeness (QED) is 0.613. The molecule has 1 aliphatic rings. The Bertz CT molecular complexity index is 1080. The van der Waals surface area contributed by atoms with Gasteiger partial charge in [0.1, 0.15) is 0 Å². The van der Waals surface area contributed by atoms with Crippen LogP contribution < -0.4 is 4.90 Å². The van der Waals surface area contributed by atoms with Crippen LogP contribution in [0.4, 0.5) is 5.69 Å². The summed E-state index contributed by atoms with van der Waals surface area (Å²) in [5.41, 5.74) is -0.103. The van der Waals surface area contributed by atoms with Gasteiger partial charge in [-0.1, -0.05) is 47.5 Å². The van der Waals surface area contributed by atoms with Gasteiger partial charge >= 0.3 is 0 Å². The summed E-state index contributed by atoms with van der Waals surface area (Å²) in [6.45, 7) is 0.0834. The number of aliphatic hydroxyl groups is 1. The summed E-state index contributed by atoms with van der Waals surface area (Å²) in [7, 11) is 0. The second-order valence-electron chi connectivity index (χ2n) is 6.80. The lowest BCUT2D eigenvalue weighted by molar-refractivity contribution is -0.136. The first kappa shape index (κ1) is 19.6. The molecule has 0 radical (unpaired) electrons. The summed E-state index contributed by atoms with van der Waals surface area (Å²) in [6, 6.07) is 15.1. The molecule has 1 atom stereocenters. The molecule has 4 rings (SSSR count). The van der Waals surface area contributed by atoms with Gasteiger partial charge in [0.2, 0.25) is 0 Å². The fraction of sp³-hybridized carbons (Fsp3) is 0.136. The predicted molar refractivity (Wildman–Crippen MR) is 111 cm³/mol. The first-order valence-corrected chi connectivity index (χ1v) is 9.67. The molecule has 0 spiro atoms. The summed E-state index contributed by atoms with van der Waals surface area (Å²) in [5.74, 6) is -0.937. The maximum absolute atomic E-state index is 13.3. The van der Waals surface area contributed by atoms with Crippen molar-refractivity contribution >= 4 is 40.6 Å². The first-order chi connectivity index (χ1) is 13.9. The number of rotatable bonds is 5. The van der Waals surface area contributed by atoms with Crippen LogP contribution in [0, 0.1) is 0 Å². The van der Waals surface area contributed by atoms with Gasteiger partial charge in [0.25, 0.3) is 5.91 Å². The summed E-state index contributed by atoms with van der Waals surface area (Å²) in [5, 5.41) is 12.2. The summed E-state index contributed by atoms with van der Waals surface area (Å²) in [6.07, 6.45) is 2.61. The van der Waals surface area contributed by atoms with Gasteiger partial charge in [0.15, 0.2) is 11.4 Å². The number of nitrogens with zero attached hydrogens (tertiary/aromatic N) is 2. The van der Waals surface area contributed by atoms with E-state index in [1.54, 1.807) is 54.6 Å². The van der Waals surface area contributed by atoms with Gasteiger partial charge in [-0.2, -0.15) is 0 Å². The van der Waals surface area contributed by atoms with Crippen molar-refractivity contribution in [1.29, 1.82) is 0 Å². The van der Waals surface area contributed by atoms with Crippen molar-refractivity contribution < 1.29 is 14.7 Å². The Labute approximate surface area is 177 Å². The Morgan fingerprint density at radius 1 is 1.00 bits per heavy atom. The van der Waals surface area contributed by atoms with Crippen molar-refractivity contribution in [3.05, 3.63) is 93.7 Å². The van der Waals surface area contributed by atoms with E-state index in [0.717, 1.165) is 0 Å². The molecule has 0 saturated heterocycles. The minimum atomic E-state index is -1.97. The van der Waals surface area contributed by atoms with Crippen molar-refractivity contribution in [3.63, 3.8) is 0 Å². The van der Waals surface area contributed by atoms with Crippen LogP contribution in [-0.4, -0.2) is 21.8 Å². The van der Waals surface area contributed by atoms with E-state index in [2.05, 4.69) is 4.98 Å². The van der Waals surface area contributed by atoms with Crippen molar-refractivity contribution in [2.24, 2.45) is 0 Å². The number of halogens is 2. The molecule has 1 unspecified atom stereocenters. The number of ketones is 1. The molecule has 7 heteroatoms. The van der Waals surface area contributed by atoms with Gasteiger partial charge in [-0.25, -0.2) is 0 Å². The monoisotopic (exact) mass is 426 g/mol. The highest BCUT2D eigenvalue weighted by atomic mass is 35.5. The molecule has 2 aromatic carbocycles. The highest BCUT2D eigenvalue weighted by Gasteiger charge is 2.50. The molecule has 1 aromatic heterocycles. The first-order valence-electron chi connectivity index (χ1n) is 8.92. The molecule has 146 valence electrons. The van der Waals surface area contributed by atoms with Gasteiger partial charge in [0.05, 0.1) is 18.7 Å². The molecule has 0 saturated carbocycles. The molecule has 0 fully saturated rings. The Kier molecular flexibility index (Phi) is 5.13. The Hall–Kier alpha value is -2.73. The number of carbonyl (C=O) groups excluding carboxylic acids is 2. The molecule has 5 nitrogen and oxygen atoms in total. The Balaban J connectivity index is 1.72. The second-order valence-corrected chi connectivity index (χ2v) is 7.62. The summed E-state index contributed by atoms with van der Waals surface area (Å²) >= 11 is 12.5. The molecule has 2 heterocycles. The Morgan fingerprint density at radius 3 is 2.34 bits per heavy atom. The zero-order chi connectivity index (χ0) is 20.6. The van der Waals surface area contributed by atoms with Gasteiger partial charge in [0, 0.05) is 39.1 Å². The van der Waals surface area contributed by atoms with E-state index in [1.807, 2.05) is 0 Å². The van der Waals surface area contributed by atoms with E-state index < -0.39 is 11.5 Å². The summed E-state index contributed by atoms with van der Waals surface area (Å²) in [4.78, 5) is 31.3. The number of anilines is 1. The van der Waals surface area contributed by atoms with Crippen LogP contribution >= 0.6 is 23.2 Å². The molecule has 0 aliphatic carbocycles. The normalized spacial score (nSPS) is 18.0. The fourth-order valence-electron chi connectivity index (χ4n) is 3.55. The van der Waals surface area contributed by atoms with Crippen molar-refractivity contribution in [2.75, 3.05) is 4.90 Å². The lowest BCUT2D eigenvalue weighted by Crippen LogP contribution is -2.41. The van der Waals surface area contributed by atoms with Gasteiger partial charge in [-0.3, -0.25) is 14.6 Å². The smallest absolute Gasteiger partial charge is 0.264 e. The van der Waals surface area contributed by atoms with E-state index >= 15 is 0 Å². The third-order valence-electron chi connectivity index (χ3n) is 5.04. The summed E-state index contributed by atoms with van der Waals surface area (Å²) < 4.78 is 0. The van der Waals surface area contributed by atoms with E-state index in [0.29, 0.717) is 32.4 Å². The standard InChI is InChI=1S/C22H16Cl2N2O3/c23-17-5-3-6-18(24)15(17)13-26-19-7-2-1-4-16(19)22(29,21(26)28)12-20(27)14-8-10-25-11-9-14/h1-11,29H,12-13H2. The lowest BCUT2D eigenvalue weighted by Gasteiger charge is -2.23. The number of benzene rings is 2. The molecule has 1 N–H and O–H groups in total. The van der Waals surface area contributed by atoms with Crippen molar-refractivity contribution in [1.82, 2.24) is 4.98 Å². The predicted octanol–water partition coefficient (Wildman–Crippen LogP) is 4.40. The van der Waals surface area contributed by atoms with Gasteiger partial charge in [-0.15, -0.1) is 0 Å². The average Bonchev–Trinajstić information content (AvgIpc) is 2.93. The third-order valence-corrected chi connectivity index (χ3v) is 5.74. The maximum Gasteiger partial charge on any atom is 0.264 e. The van der Waals surface area contributed by atoms with E-state index in [9.17, 15) is 14.7 Å². The van der Waals surface area contributed by atoms with E-state index in [4.69, 9.17) is 23.2 Å². The molecule has 1 aliphatic heterocycles. The number of pyridine rings is 1. The zero-order valence-electron chi connectivity index (χ0n) is 15.2. The zero-order valence-corrected chi connectivity index (χ0v) is 16.7. The van der Waals surface area contributed by atoms with Crippen molar-refractivity contribution in [2.45, 2.75) is 18.6 Å². The van der Waals surface area contributed by atoms with Gasteiger partial charge in [-0.05, 0) is 30.3 Å². The number of Topliss-reactive ketones (excluding diaryl/α,β-unsaturated/α-hetero) is 1. The molecular formula is C22H16Cl2N2O3. The minimum absolute atomic E-state index is 0.0834. The largest absolute Gasteiger partial charge is 0.375 e. The van der Waals surface area contributed by atoms with E-state index in [-0.39, 0.29) is 18.7 Å². The molecular weight excluding hydrogens is 411 g/mol. The molecule has 0 bridgehead atoms. The topological polar surface area (TPSA) is 70.5 Å². The maximum atomic E-state index is 13.3. The number of hydrogen-bond donors (Lipinski definition) is 1. The minimum Gasteiger partial charge on any atom is -0.375 e. The molecule has 1 amide bonds. The lowest BCUT2D eigenvalue weighted by atomic mass is 9.88. The average molecular weight is 427 g/mol. The van der Waals surface area contributed by atoms with Crippen LogP contribution in [0.2, 0.25) is 10.0 Å². The van der Waals surface area contributed by atoms with E-state index in [1.165, 1.54) is 17.3 Å². The van der Waals surface area contributed by atoms with Crippen molar-refractivity contribution in [3.8, 4) is 0 Å². The number of para-hydroxylation sites is 1.